The number of amides is 3. The van der Waals surface area contributed by atoms with Crippen LogP contribution in [0.25, 0.3) is 0 Å². The van der Waals surface area contributed by atoms with Crippen LogP contribution in [-0.4, -0.2) is 28.6 Å². The first kappa shape index (κ1) is 13.9. The molecular weight excluding hydrogens is 278 g/mol. The summed E-state index contributed by atoms with van der Waals surface area (Å²) in [6.45, 7) is 1.96. The molecule has 0 radical (unpaired) electrons. The van der Waals surface area contributed by atoms with Gasteiger partial charge in [0.2, 0.25) is 0 Å². The lowest BCUT2D eigenvalue weighted by molar-refractivity contribution is 0.0959. The molecule has 0 fully saturated rings. The molecule has 3 N–H and O–H groups in total. The largest absolute Gasteiger partial charge is 0.354 e. The predicted molar refractivity (Wildman–Crippen MR) is 77.1 cm³/mol. The van der Waals surface area contributed by atoms with Crippen LogP contribution in [0, 0.1) is 6.92 Å². The standard InChI is InChI=1S/C12H13N5O2S/c1-7-3-5-8(6-4-7)14-12(19)15-11-9(10(18)13-2)16-17-20-11/h3-6H,1-2H3,(H,13,18)(H2,14,15,19). The van der Waals surface area contributed by atoms with Gasteiger partial charge in [-0.2, -0.15) is 0 Å². The van der Waals surface area contributed by atoms with Crippen LogP contribution in [0.5, 0.6) is 0 Å². The van der Waals surface area contributed by atoms with Gasteiger partial charge in [-0.25, -0.2) is 4.79 Å². The van der Waals surface area contributed by atoms with E-state index in [1.165, 1.54) is 7.05 Å². The van der Waals surface area contributed by atoms with E-state index in [1.54, 1.807) is 12.1 Å². The van der Waals surface area contributed by atoms with Crippen LogP contribution >= 0.6 is 11.5 Å². The van der Waals surface area contributed by atoms with Gasteiger partial charge in [-0.05, 0) is 19.1 Å². The molecule has 104 valence electrons. The number of nitrogens with zero attached hydrogens (tertiary/aromatic N) is 2. The Labute approximate surface area is 119 Å². The minimum Gasteiger partial charge on any atom is -0.354 e. The van der Waals surface area contributed by atoms with E-state index in [0.29, 0.717) is 10.7 Å². The maximum Gasteiger partial charge on any atom is 0.324 e. The second kappa shape index (κ2) is 6.11. The molecule has 7 nitrogen and oxygen atoms in total. The summed E-state index contributed by atoms with van der Waals surface area (Å²) in [7, 11) is 1.48. The zero-order valence-corrected chi connectivity index (χ0v) is 11.7. The van der Waals surface area contributed by atoms with E-state index in [2.05, 4.69) is 25.5 Å². The number of nitrogens with one attached hydrogen (secondary N) is 3. The van der Waals surface area contributed by atoms with Crippen molar-refractivity contribution in [3.63, 3.8) is 0 Å². The van der Waals surface area contributed by atoms with E-state index < -0.39 is 11.9 Å². The highest BCUT2D eigenvalue weighted by molar-refractivity contribution is 7.10. The smallest absolute Gasteiger partial charge is 0.324 e. The molecule has 0 atom stereocenters. The summed E-state index contributed by atoms with van der Waals surface area (Å²) in [4.78, 5) is 23.3. The van der Waals surface area contributed by atoms with Gasteiger partial charge in [-0.3, -0.25) is 10.1 Å². The van der Waals surface area contributed by atoms with Gasteiger partial charge in [0, 0.05) is 24.3 Å². The Morgan fingerprint density at radius 3 is 2.50 bits per heavy atom. The molecule has 0 saturated carbocycles. The van der Waals surface area contributed by atoms with Crippen LogP contribution in [0.2, 0.25) is 0 Å². The zero-order chi connectivity index (χ0) is 14.5. The first-order chi connectivity index (χ1) is 9.60. The van der Waals surface area contributed by atoms with Crippen LogP contribution in [0.1, 0.15) is 16.1 Å². The molecule has 1 heterocycles. The highest BCUT2D eigenvalue weighted by atomic mass is 32.1. The topological polar surface area (TPSA) is 96.0 Å². The molecule has 1 aromatic heterocycles. The van der Waals surface area contributed by atoms with Crippen LogP contribution in [0.3, 0.4) is 0 Å². The van der Waals surface area contributed by atoms with Crippen LogP contribution in [0.4, 0.5) is 15.5 Å². The summed E-state index contributed by atoms with van der Waals surface area (Å²) in [5.74, 6) is -0.399. The summed E-state index contributed by atoms with van der Waals surface area (Å²) >= 11 is 0.941. The quantitative estimate of drug-likeness (QED) is 0.804. The lowest BCUT2D eigenvalue weighted by atomic mass is 10.2. The number of rotatable bonds is 3. The predicted octanol–water partition coefficient (Wildman–Crippen LogP) is 1.85. The third-order valence-corrected chi connectivity index (χ3v) is 3.11. The fourth-order valence-corrected chi connectivity index (χ4v) is 2.00. The van der Waals surface area contributed by atoms with Crippen molar-refractivity contribution in [1.29, 1.82) is 0 Å². The Bertz CT molecular complexity index is 623. The summed E-state index contributed by atoms with van der Waals surface area (Å²) in [5, 5.41) is 11.6. The highest BCUT2D eigenvalue weighted by Gasteiger charge is 2.17. The second-order valence-corrected chi connectivity index (χ2v) is 4.73. The highest BCUT2D eigenvalue weighted by Crippen LogP contribution is 2.18. The number of urea groups is 1. The number of carbonyl (C=O) groups is 2. The van der Waals surface area contributed by atoms with Crippen molar-refractivity contribution in [2.75, 3.05) is 17.7 Å². The number of carbonyl (C=O) groups excluding carboxylic acids is 2. The molecule has 0 aliphatic carbocycles. The van der Waals surface area contributed by atoms with Crippen molar-refractivity contribution in [3.05, 3.63) is 35.5 Å². The molecule has 0 unspecified atom stereocenters. The van der Waals surface area contributed by atoms with Crippen molar-refractivity contribution in [1.82, 2.24) is 14.9 Å². The first-order valence-corrected chi connectivity index (χ1v) is 6.56. The van der Waals surface area contributed by atoms with Crippen LogP contribution < -0.4 is 16.0 Å². The van der Waals surface area contributed by atoms with Gasteiger partial charge in [-0.15, -0.1) is 5.10 Å². The number of hydrogen-bond acceptors (Lipinski definition) is 5. The number of anilines is 2. The Kier molecular flexibility index (Phi) is 4.26. The van der Waals surface area contributed by atoms with Gasteiger partial charge in [0.1, 0.15) is 0 Å². The minimum atomic E-state index is -0.454. The molecule has 0 aliphatic heterocycles. The minimum absolute atomic E-state index is 0.0940. The lowest BCUT2D eigenvalue weighted by Crippen LogP contribution is -2.23. The molecule has 0 bridgehead atoms. The van der Waals surface area contributed by atoms with E-state index in [9.17, 15) is 9.59 Å². The van der Waals surface area contributed by atoms with Gasteiger partial charge in [0.15, 0.2) is 10.7 Å². The molecular formula is C12H13N5O2S. The fraction of sp³-hybridized carbons (Fsp3) is 0.167. The summed E-state index contributed by atoms with van der Waals surface area (Å²) < 4.78 is 3.65. The Balaban J connectivity index is 2.03. The van der Waals surface area contributed by atoms with E-state index in [1.807, 2.05) is 19.1 Å². The number of benzene rings is 1. The van der Waals surface area contributed by atoms with Gasteiger partial charge in [-0.1, -0.05) is 22.2 Å². The average molecular weight is 291 g/mol. The molecule has 2 rings (SSSR count). The number of hydrogen-bond donors (Lipinski definition) is 3. The summed E-state index contributed by atoms with van der Waals surface area (Å²) in [6, 6.07) is 6.91. The molecule has 20 heavy (non-hydrogen) atoms. The Morgan fingerprint density at radius 2 is 1.85 bits per heavy atom. The summed E-state index contributed by atoms with van der Waals surface area (Å²) in [5.41, 5.74) is 1.85. The van der Waals surface area contributed by atoms with Crippen molar-refractivity contribution in [2.45, 2.75) is 6.92 Å². The van der Waals surface area contributed by atoms with Gasteiger partial charge >= 0.3 is 6.03 Å². The van der Waals surface area contributed by atoms with Crippen molar-refractivity contribution in [2.24, 2.45) is 0 Å². The summed E-state index contributed by atoms with van der Waals surface area (Å²) in [6.07, 6.45) is 0. The van der Waals surface area contributed by atoms with Crippen molar-refractivity contribution in [3.8, 4) is 0 Å². The average Bonchev–Trinajstić information content (AvgIpc) is 2.88. The molecule has 0 aliphatic rings. The van der Waals surface area contributed by atoms with Gasteiger partial charge in [0.05, 0.1) is 0 Å². The number of aromatic nitrogens is 2. The molecule has 2 aromatic rings. The van der Waals surface area contributed by atoms with Gasteiger partial charge in [0.25, 0.3) is 5.91 Å². The van der Waals surface area contributed by atoms with Gasteiger partial charge < -0.3 is 10.6 Å². The molecule has 3 amide bonds. The monoisotopic (exact) mass is 291 g/mol. The van der Waals surface area contributed by atoms with Crippen LogP contribution in [-0.2, 0) is 0 Å². The van der Waals surface area contributed by atoms with E-state index in [0.717, 1.165) is 17.1 Å². The van der Waals surface area contributed by atoms with Crippen molar-refractivity contribution >= 4 is 34.2 Å². The molecule has 0 spiro atoms. The third kappa shape index (κ3) is 3.29. The zero-order valence-electron chi connectivity index (χ0n) is 10.9. The lowest BCUT2D eigenvalue weighted by Gasteiger charge is -2.06. The van der Waals surface area contributed by atoms with E-state index >= 15 is 0 Å². The number of aryl methyl sites for hydroxylation is 1. The maximum absolute atomic E-state index is 11.8. The van der Waals surface area contributed by atoms with E-state index in [-0.39, 0.29) is 5.69 Å². The van der Waals surface area contributed by atoms with E-state index in [4.69, 9.17) is 0 Å². The Hall–Kier alpha value is -2.48. The Morgan fingerprint density at radius 1 is 1.15 bits per heavy atom. The molecule has 1 aromatic carbocycles. The second-order valence-electron chi connectivity index (χ2n) is 3.97. The van der Waals surface area contributed by atoms with Crippen LogP contribution in [0.15, 0.2) is 24.3 Å². The SMILES string of the molecule is CNC(=O)c1nnsc1NC(=O)Nc1ccc(C)cc1. The normalized spacial score (nSPS) is 9.90. The third-order valence-electron chi connectivity index (χ3n) is 2.47. The molecule has 0 saturated heterocycles. The maximum atomic E-state index is 11.8. The van der Waals surface area contributed by atoms with Crippen molar-refractivity contribution < 1.29 is 9.59 Å². The molecule has 8 heteroatoms. The fourth-order valence-electron chi connectivity index (χ4n) is 1.44. The first-order valence-electron chi connectivity index (χ1n) is 5.79.